The molecule has 0 bridgehead atoms. The van der Waals surface area contributed by atoms with Crippen LogP contribution in [0.4, 0.5) is 0 Å². The average Bonchev–Trinajstić information content (AvgIpc) is 2.49. The maximum atomic E-state index is 6.00. The Morgan fingerprint density at radius 3 is 1.90 bits per heavy atom. The van der Waals surface area contributed by atoms with Gasteiger partial charge in [-0.3, -0.25) is 0 Å². The van der Waals surface area contributed by atoms with E-state index < -0.39 is 0 Å². The molecule has 0 saturated heterocycles. The van der Waals surface area contributed by atoms with Gasteiger partial charge in [-0.05, 0) is 54.2 Å². The third kappa shape index (κ3) is 4.90. The van der Waals surface area contributed by atoms with Gasteiger partial charge in [0, 0.05) is 15.8 Å². The summed E-state index contributed by atoms with van der Waals surface area (Å²) in [5.41, 5.74) is 8.71. The molecule has 0 aliphatic carbocycles. The van der Waals surface area contributed by atoms with E-state index in [1.165, 1.54) is 20.9 Å². The Morgan fingerprint density at radius 2 is 1.43 bits per heavy atom. The smallest absolute Gasteiger partial charge is 0.0122 e. The maximum Gasteiger partial charge on any atom is 0.0122 e. The van der Waals surface area contributed by atoms with Gasteiger partial charge in [0.15, 0.2) is 0 Å². The van der Waals surface area contributed by atoms with Crippen molar-refractivity contribution in [2.45, 2.75) is 55.4 Å². The summed E-state index contributed by atoms with van der Waals surface area (Å²) in [6.45, 7) is 6.58. The molecule has 1 nitrogen and oxygen atoms in total. The first-order chi connectivity index (χ1) is 10.1. The lowest BCUT2D eigenvalue weighted by Crippen LogP contribution is -2.21. The van der Waals surface area contributed by atoms with E-state index in [2.05, 4.69) is 69.3 Å². The van der Waals surface area contributed by atoms with E-state index in [9.17, 15) is 0 Å². The summed E-state index contributed by atoms with van der Waals surface area (Å²) in [5.74, 6) is 0.589. The molecular formula is C19H25NS. The second-order valence-electron chi connectivity index (χ2n) is 5.84. The lowest BCUT2D eigenvalue weighted by atomic mass is 10.0. The minimum Gasteiger partial charge on any atom is -0.327 e. The molecule has 0 aromatic heterocycles. The fraction of sp³-hybridized carbons (Fsp3) is 0.368. The van der Waals surface area contributed by atoms with E-state index >= 15 is 0 Å². The van der Waals surface area contributed by atoms with Crippen molar-refractivity contribution < 1.29 is 0 Å². The fourth-order valence-corrected chi connectivity index (χ4v) is 3.01. The number of hydrogen-bond acceptors (Lipinski definition) is 2. The lowest BCUT2D eigenvalue weighted by Gasteiger charge is -2.10. The molecule has 2 aromatic rings. The average molecular weight is 299 g/mol. The molecule has 0 aliphatic rings. The number of nitrogens with two attached hydrogens (primary N) is 1. The van der Waals surface area contributed by atoms with Gasteiger partial charge in [-0.1, -0.05) is 56.8 Å². The zero-order valence-electron chi connectivity index (χ0n) is 13.2. The van der Waals surface area contributed by atoms with Crippen molar-refractivity contribution in [1.29, 1.82) is 0 Å². The summed E-state index contributed by atoms with van der Waals surface area (Å²) < 4.78 is 0. The number of hydrogen-bond donors (Lipinski definition) is 1. The van der Waals surface area contributed by atoms with E-state index in [1.54, 1.807) is 0 Å². The topological polar surface area (TPSA) is 26.0 Å². The van der Waals surface area contributed by atoms with Crippen LogP contribution < -0.4 is 5.73 Å². The third-order valence-corrected chi connectivity index (χ3v) is 4.74. The van der Waals surface area contributed by atoms with Gasteiger partial charge in [0.25, 0.3) is 0 Å². The van der Waals surface area contributed by atoms with Crippen LogP contribution in [0.1, 0.15) is 44.2 Å². The molecule has 2 heteroatoms. The summed E-state index contributed by atoms with van der Waals surface area (Å²) in [7, 11) is 0. The highest BCUT2D eigenvalue weighted by molar-refractivity contribution is 7.99. The van der Waals surface area contributed by atoms with Crippen LogP contribution in [0.3, 0.4) is 0 Å². The molecular weight excluding hydrogens is 274 g/mol. The molecule has 2 aromatic carbocycles. The van der Waals surface area contributed by atoms with Crippen LogP contribution in [0.2, 0.25) is 0 Å². The monoisotopic (exact) mass is 299 g/mol. The summed E-state index contributed by atoms with van der Waals surface area (Å²) in [6, 6.07) is 17.9. The highest BCUT2D eigenvalue weighted by atomic mass is 32.2. The first kappa shape index (κ1) is 16.1. The molecule has 0 spiro atoms. The Kier molecular flexibility index (Phi) is 5.89. The van der Waals surface area contributed by atoms with E-state index in [0.29, 0.717) is 5.92 Å². The molecule has 0 saturated carbocycles. The molecule has 1 atom stereocenters. The molecule has 0 fully saturated rings. The van der Waals surface area contributed by atoms with Crippen LogP contribution in [0.25, 0.3) is 0 Å². The quantitative estimate of drug-likeness (QED) is 0.789. The van der Waals surface area contributed by atoms with Crippen molar-refractivity contribution in [1.82, 2.24) is 0 Å². The molecule has 0 aliphatic heterocycles. The molecule has 2 rings (SSSR count). The van der Waals surface area contributed by atoms with Crippen LogP contribution >= 0.6 is 11.8 Å². The van der Waals surface area contributed by atoms with Crippen molar-refractivity contribution >= 4 is 11.8 Å². The third-order valence-electron chi connectivity index (χ3n) is 3.73. The van der Waals surface area contributed by atoms with Gasteiger partial charge in [-0.2, -0.15) is 0 Å². The predicted molar refractivity (Wildman–Crippen MR) is 93.1 cm³/mol. The van der Waals surface area contributed by atoms with Gasteiger partial charge in [0.1, 0.15) is 0 Å². The van der Waals surface area contributed by atoms with Crippen LogP contribution in [0.15, 0.2) is 58.3 Å². The Labute approximate surface area is 133 Å². The predicted octanol–water partition coefficient (Wildman–Crippen LogP) is 5.24. The largest absolute Gasteiger partial charge is 0.327 e. The zero-order valence-corrected chi connectivity index (χ0v) is 14.0. The van der Waals surface area contributed by atoms with E-state index in [0.717, 1.165) is 12.8 Å². The van der Waals surface area contributed by atoms with Gasteiger partial charge < -0.3 is 5.73 Å². The van der Waals surface area contributed by atoms with Gasteiger partial charge >= 0.3 is 0 Å². The molecule has 0 heterocycles. The van der Waals surface area contributed by atoms with Crippen molar-refractivity contribution in [2.75, 3.05) is 0 Å². The molecule has 21 heavy (non-hydrogen) atoms. The Morgan fingerprint density at radius 1 is 0.905 bits per heavy atom. The van der Waals surface area contributed by atoms with Gasteiger partial charge in [0.2, 0.25) is 0 Å². The first-order valence-corrected chi connectivity index (χ1v) is 8.52. The second kappa shape index (κ2) is 7.67. The second-order valence-corrected chi connectivity index (χ2v) is 6.99. The summed E-state index contributed by atoms with van der Waals surface area (Å²) in [4.78, 5) is 2.57. The van der Waals surface area contributed by atoms with Crippen LogP contribution in [-0.4, -0.2) is 6.04 Å². The van der Waals surface area contributed by atoms with Crippen LogP contribution in [0.5, 0.6) is 0 Å². The minimum absolute atomic E-state index is 0.270. The normalized spacial score (nSPS) is 12.6. The molecule has 0 amide bonds. The van der Waals surface area contributed by atoms with E-state index in [-0.39, 0.29) is 6.04 Å². The highest BCUT2D eigenvalue weighted by Crippen LogP contribution is 2.29. The SMILES string of the molecule is CCC(N)Cc1ccc(Sc2ccc(C(C)C)cc2)cc1. The molecule has 1 unspecified atom stereocenters. The van der Waals surface area contributed by atoms with Crippen LogP contribution in [-0.2, 0) is 6.42 Å². The van der Waals surface area contributed by atoms with Crippen molar-refractivity contribution in [2.24, 2.45) is 5.73 Å². The Bertz CT molecular complexity index is 543. The van der Waals surface area contributed by atoms with Gasteiger partial charge in [-0.25, -0.2) is 0 Å². The van der Waals surface area contributed by atoms with Crippen molar-refractivity contribution in [3.05, 3.63) is 59.7 Å². The Balaban J connectivity index is 1.99. The van der Waals surface area contributed by atoms with Gasteiger partial charge in [0.05, 0.1) is 0 Å². The zero-order chi connectivity index (χ0) is 15.2. The summed E-state index contributed by atoms with van der Waals surface area (Å²) in [5, 5.41) is 0. The Hall–Kier alpha value is -1.25. The molecule has 0 radical (unpaired) electrons. The van der Waals surface area contributed by atoms with Crippen molar-refractivity contribution in [3.8, 4) is 0 Å². The molecule has 112 valence electrons. The number of rotatable bonds is 6. The van der Waals surface area contributed by atoms with E-state index in [4.69, 9.17) is 5.73 Å². The van der Waals surface area contributed by atoms with Gasteiger partial charge in [-0.15, -0.1) is 0 Å². The van der Waals surface area contributed by atoms with E-state index in [1.807, 2.05) is 11.8 Å². The lowest BCUT2D eigenvalue weighted by molar-refractivity contribution is 0.646. The minimum atomic E-state index is 0.270. The fourth-order valence-electron chi connectivity index (χ4n) is 2.20. The standard InChI is InChI=1S/C19H25NS/c1-4-17(20)13-15-5-9-18(10-6-15)21-19-11-7-16(8-12-19)14(2)3/h5-12,14,17H,4,13,20H2,1-3H3. The summed E-state index contributed by atoms with van der Waals surface area (Å²) >= 11 is 1.81. The maximum absolute atomic E-state index is 6.00. The first-order valence-electron chi connectivity index (χ1n) is 7.70. The molecule has 2 N–H and O–H groups in total. The highest BCUT2D eigenvalue weighted by Gasteiger charge is 2.03. The van der Waals surface area contributed by atoms with Crippen molar-refractivity contribution in [3.63, 3.8) is 0 Å². The summed E-state index contributed by atoms with van der Waals surface area (Å²) in [6.07, 6.45) is 1.99. The van der Waals surface area contributed by atoms with Crippen LogP contribution in [0, 0.1) is 0 Å². The number of benzene rings is 2.